The van der Waals surface area contributed by atoms with Gasteiger partial charge in [-0.05, 0) is 43.5 Å². The second-order valence-corrected chi connectivity index (χ2v) is 7.45. The second-order valence-electron chi connectivity index (χ2n) is 7.45. The Hall–Kier alpha value is -1.84. The van der Waals surface area contributed by atoms with Crippen molar-refractivity contribution >= 4 is 6.41 Å². The zero-order valence-corrected chi connectivity index (χ0v) is 17.5. The number of ether oxygens (including phenoxy) is 3. The van der Waals surface area contributed by atoms with E-state index in [2.05, 4.69) is 12.2 Å². The quantitative estimate of drug-likeness (QED) is 0.480. The Balaban J connectivity index is 0.000000386. The first kappa shape index (κ1) is 24.4. The van der Waals surface area contributed by atoms with Crippen LogP contribution >= 0.6 is 0 Å². The first-order valence-corrected chi connectivity index (χ1v) is 10.2. The van der Waals surface area contributed by atoms with Gasteiger partial charge in [-0.1, -0.05) is 0 Å². The third-order valence-corrected chi connectivity index (χ3v) is 4.68. The molecule has 30 heavy (non-hydrogen) atoms. The largest absolute Gasteiger partial charge is 0.493 e. The van der Waals surface area contributed by atoms with E-state index in [9.17, 15) is 18.0 Å². The zero-order valence-electron chi connectivity index (χ0n) is 17.5. The van der Waals surface area contributed by atoms with Crippen molar-refractivity contribution in [3.63, 3.8) is 0 Å². The van der Waals surface area contributed by atoms with Crippen LogP contribution in [0.2, 0.25) is 0 Å². The second kappa shape index (κ2) is 12.1. The van der Waals surface area contributed by atoms with Crippen LogP contribution in [0.4, 0.5) is 13.2 Å². The van der Waals surface area contributed by atoms with Gasteiger partial charge in [-0.3, -0.25) is 4.79 Å². The van der Waals surface area contributed by atoms with E-state index in [0.29, 0.717) is 31.1 Å². The van der Waals surface area contributed by atoms with Crippen molar-refractivity contribution in [1.82, 2.24) is 10.2 Å². The topological polar surface area (TPSA) is 60.0 Å². The van der Waals surface area contributed by atoms with Crippen molar-refractivity contribution in [3.8, 4) is 5.75 Å². The average Bonchev–Trinajstić information content (AvgIpc) is 3.55. The molecule has 1 unspecified atom stereocenters. The minimum Gasteiger partial charge on any atom is -0.493 e. The Morgan fingerprint density at radius 3 is 2.53 bits per heavy atom. The SMILES string of the molecule is CC1CNCCO1.COCCCOc1cc(CN(C=O)C2CC2)cc(C(F)(F)F)c1. The van der Waals surface area contributed by atoms with Gasteiger partial charge >= 0.3 is 6.18 Å². The Bertz CT molecular complexity index is 648. The van der Waals surface area contributed by atoms with Gasteiger partial charge in [0, 0.05) is 45.8 Å². The van der Waals surface area contributed by atoms with Crippen molar-refractivity contribution in [2.24, 2.45) is 0 Å². The number of morpholine rings is 1. The van der Waals surface area contributed by atoms with Gasteiger partial charge in [0.2, 0.25) is 6.41 Å². The Kier molecular flexibility index (Phi) is 9.87. The molecule has 9 heteroatoms. The van der Waals surface area contributed by atoms with E-state index in [1.54, 1.807) is 13.2 Å². The minimum atomic E-state index is -4.45. The zero-order chi connectivity index (χ0) is 22.0. The molecule has 1 saturated heterocycles. The fraction of sp³-hybridized carbons (Fsp3) is 0.667. The number of amides is 1. The molecule has 1 saturated carbocycles. The van der Waals surface area contributed by atoms with E-state index >= 15 is 0 Å². The lowest BCUT2D eigenvalue weighted by Crippen LogP contribution is -2.36. The van der Waals surface area contributed by atoms with Crippen molar-refractivity contribution in [2.45, 2.75) is 51.1 Å². The number of halogens is 3. The number of carbonyl (C=O) groups is 1. The summed E-state index contributed by atoms with van der Waals surface area (Å²) < 4.78 is 54.5. The molecule has 1 aromatic rings. The molecular weight excluding hydrogens is 401 g/mol. The van der Waals surface area contributed by atoms with Crippen molar-refractivity contribution in [2.75, 3.05) is 40.0 Å². The van der Waals surface area contributed by atoms with Crippen LogP contribution in [0.3, 0.4) is 0 Å². The first-order valence-electron chi connectivity index (χ1n) is 10.2. The van der Waals surface area contributed by atoms with Crippen LogP contribution in [0.25, 0.3) is 0 Å². The van der Waals surface area contributed by atoms with Gasteiger partial charge in [-0.25, -0.2) is 0 Å². The van der Waals surface area contributed by atoms with E-state index in [-0.39, 0.29) is 24.9 Å². The smallest absolute Gasteiger partial charge is 0.416 e. The molecule has 1 atom stereocenters. The molecule has 1 amide bonds. The monoisotopic (exact) mass is 432 g/mol. The van der Waals surface area contributed by atoms with Crippen LogP contribution in [0.15, 0.2) is 18.2 Å². The van der Waals surface area contributed by atoms with E-state index in [0.717, 1.165) is 44.7 Å². The maximum atomic E-state index is 13.0. The molecule has 0 aromatic heterocycles. The van der Waals surface area contributed by atoms with Gasteiger partial charge < -0.3 is 24.4 Å². The molecule has 1 aliphatic carbocycles. The normalized spacial score (nSPS) is 18.9. The number of hydrogen-bond donors (Lipinski definition) is 1. The minimum absolute atomic E-state index is 0.146. The summed E-state index contributed by atoms with van der Waals surface area (Å²) in [4.78, 5) is 12.6. The summed E-state index contributed by atoms with van der Waals surface area (Å²) in [6.45, 7) is 5.89. The molecule has 170 valence electrons. The summed E-state index contributed by atoms with van der Waals surface area (Å²) in [5, 5.41) is 3.21. The fourth-order valence-corrected chi connectivity index (χ4v) is 2.96. The Labute approximate surface area is 175 Å². The van der Waals surface area contributed by atoms with Gasteiger partial charge in [0.25, 0.3) is 0 Å². The number of rotatable bonds is 9. The highest BCUT2D eigenvalue weighted by atomic mass is 19.4. The molecule has 1 aromatic carbocycles. The summed E-state index contributed by atoms with van der Waals surface area (Å²) in [5.74, 6) is 0.160. The molecule has 0 radical (unpaired) electrons. The lowest BCUT2D eigenvalue weighted by atomic mass is 10.1. The molecular formula is C21H31F3N2O4. The lowest BCUT2D eigenvalue weighted by Gasteiger charge is -2.19. The number of benzene rings is 1. The highest BCUT2D eigenvalue weighted by Gasteiger charge is 2.32. The molecule has 2 aliphatic rings. The molecule has 1 N–H and O–H groups in total. The molecule has 0 spiro atoms. The molecule has 3 rings (SSSR count). The summed E-state index contributed by atoms with van der Waals surface area (Å²) in [5.41, 5.74) is -0.348. The highest BCUT2D eigenvalue weighted by molar-refractivity contribution is 5.49. The third kappa shape index (κ3) is 8.89. The average molecular weight is 432 g/mol. The summed E-state index contributed by atoms with van der Waals surface area (Å²) >= 11 is 0. The summed E-state index contributed by atoms with van der Waals surface area (Å²) in [6, 6.07) is 3.76. The van der Waals surface area contributed by atoms with Gasteiger partial charge in [-0.15, -0.1) is 0 Å². The lowest BCUT2D eigenvalue weighted by molar-refractivity contribution is -0.137. The first-order chi connectivity index (χ1) is 14.3. The number of hydrogen-bond acceptors (Lipinski definition) is 5. The summed E-state index contributed by atoms with van der Waals surface area (Å²) in [7, 11) is 1.55. The highest BCUT2D eigenvalue weighted by Crippen LogP contribution is 2.34. The van der Waals surface area contributed by atoms with Crippen molar-refractivity contribution < 1.29 is 32.2 Å². The third-order valence-electron chi connectivity index (χ3n) is 4.68. The number of alkyl halides is 3. The predicted molar refractivity (Wildman–Crippen MR) is 106 cm³/mol. The van der Waals surface area contributed by atoms with Crippen LogP contribution in [-0.2, 0) is 27.0 Å². The molecule has 0 bridgehead atoms. The van der Waals surface area contributed by atoms with Gasteiger partial charge in [0.15, 0.2) is 0 Å². The van der Waals surface area contributed by atoms with Gasteiger partial charge in [-0.2, -0.15) is 13.2 Å². The molecule has 1 heterocycles. The van der Waals surface area contributed by atoms with Gasteiger partial charge in [0.05, 0.1) is 24.9 Å². The number of nitrogens with zero attached hydrogens (tertiary/aromatic N) is 1. The van der Waals surface area contributed by atoms with Gasteiger partial charge in [0.1, 0.15) is 5.75 Å². The standard InChI is InChI=1S/C16H20F3NO3.C5H11NO/c1-22-5-2-6-23-15-8-12(7-13(9-15)16(17,18)19)10-20(11-21)14-3-4-14;1-5-4-6-2-3-7-5/h7-9,11,14H,2-6,10H2,1H3;5-6H,2-4H2,1H3. The van der Waals surface area contributed by atoms with Crippen LogP contribution < -0.4 is 10.1 Å². The number of nitrogens with one attached hydrogen (secondary N) is 1. The van der Waals surface area contributed by atoms with Crippen LogP contribution in [0, 0.1) is 0 Å². The van der Waals surface area contributed by atoms with Crippen molar-refractivity contribution in [1.29, 1.82) is 0 Å². The number of methoxy groups -OCH3 is 1. The maximum Gasteiger partial charge on any atom is 0.416 e. The summed E-state index contributed by atoms with van der Waals surface area (Å²) in [6.07, 6.45) is -0.946. The fourth-order valence-electron chi connectivity index (χ4n) is 2.96. The number of carbonyl (C=O) groups excluding carboxylic acids is 1. The van der Waals surface area contributed by atoms with Crippen LogP contribution in [0.5, 0.6) is 5.75 Å². The van der Waals surface area contributed by atoms with Crippen LogP contribution in [-0.4, -0.2) is 63.5 Å². The molecule has 6 nitrogen and oxygen atoms in total. The van der Waals surface area contributed by atoms with Crippen molar-refractivity contribution in [3.05, 3.63) is 29.3 Å². The Morgan fingerprint density at radius 1 is 1.27 bits per heavy atom. The molecule has 1 aliphatic heterocycles. The molecule has 2 fully saturated rings. The van der Waals surface area contributed by atoms with E-state index < -0.39 is 11.7 Å². The van der Waals surface area contributed by atoms with E-state index in [1.165, 1.54) is 4.90 Å². The predicted octanol–water partition coefficient (Wildman–Crippen LogP) is 3.24. The van der Waals surface area contributed by atoms with E-state index in [4.69, 9.17) is 14.2 Å². The maximum absolute atomic E-state index is 13.0. The van der Waals surface area contributed by atoms with Crippen LogP contribution in [0.1, 0.15) is 37.3 Å². The Morgan fingerprint density at radius 2 is 2.03 bits per heavy atom. The van der Waals surface area contributed by atoms with E-state index in [1.807, 2.05) is 0 Å².